The van der Waals surface area contributed by atoms with E-state index in [1.54, 1.807) is 4.90 Å². The molecule has 3 heterocycles. The molecule has 2 aliphatic heterocycles. The fourth-order valence-electron chi connectivity index (χ4n) is 3.28. The van der Waals surface area contributed by atoms with Gasteiger partial charge in [0.2, 0.25) is 0 Å². The number of nitrogens with zero attached hydrogens (tertiary/aromatic N) is 3. The number of rotatable bonds is 4. The van der Waals surface area contributed by atoms with Crippen molar-refractivity contribution in [2.24, 2.45) is 5.92 Å². The van der Waals surface area contributed by atoms with Crippen LogP contribution >= 0.6 is 0 Å². The molecule has 2 amide bonds. The Kier molecular flexibility index (Phi) is 5.00. The van der Waals surface area contributed by atoms with Crippen LogP contribution in [0.3, 0.4) is 0 Å². The van der Waals surface area contributed by atoms with Gasteiger partial charge in [0, 0.05) is 31.4 Å². The molecule has 0 radical (unpaired) electrons. The highest BCUT2D eigenvalue weighted by Crippen LogP contribution is 2.34. The molecule has 2 saturated heterocycles. The lowest BCUT2D eigenvalue weighted by atomic mass is 9.90. The number of imidazole rings is 1. The number of aromatic nitrogens is 2. The lowest BCUT2D eigenvalue weighted by Crippen LogP contribution is -2.51. The van der Waals surface area contributed by atoms with Crippen molar-refractivity contribution in [1.82, 2.24) is 19.8 Å². The first kappa shape index (κ1) is 17.1. The summed E-state index contributed by atoms with van der Waals surface area (Å²) in [5.74, 6) is -0.422. The molecule has 0 bridgehead atoms. The average Bonchev–Trinajstić information content (AvgIpc) is 3.22. The van der Waals surface area contributed by atoms with Crippen molar-refractivity contribution >= 4 is 6.03 Å². The normalized spacial score (nSPS) is 23.7. The van der Waals surface area contributed by atoms with Gasteiger partial charge < -0.3 is 19.7 Å². The third-order valence-electron chi connectivity index (χ3n) is 4.67. The Morgan fingerprint density at radius 1 is 1.50 bits per heavy atom. The number of likely N-dealkylation sites (tertiary alicyclic amines) is 1. The molecule has 9 heteroatoms. The van der Waals surface area contributed by atoms with Gasteiger partial charge in [-0.3, -0.25) is 4.57 Å². The van der Waals surface area contributed by atoms with Crippen LogP contribution in [-0.4, -0.2) is 52.6 Å². The number of carbonyl (C=O) groups is 1. The lowest BCUT2D eigenvalue weighted by Gasteiger charge is -2.39. The van der Waals surface area contributed by atoms with E-state index in [1.807, 2.05) is 6.92 Å². The van der Waals surface area contributed by atoms with Gasteiger partial charge in [0.1, 0.15) is 5.82 Å². The molecule has 2 aliphatic rings. The van der Waals surface area contributed by atoms with Gasteiger partial charge in [-0.15, -0.1) is 0 Å². The largest absolute Gasteiger partial charge is 0.347 e. The summed E-state index contributed by atoms with van der Waals surface area (Å²) in [5, 5.41) is 2.66. The first-order chi connectivity index (χ1) is 11.5. The summed E-state index contributed by atoms with van der Waals surface area (Å²) in [7, 11) is 0. The number of urea groups is 1. The Bertz CT molecular complexity index is 575. The van der Waals surface area contributed by atoms with Crippen molar-refractivity contribution in [1.29, 1.82) is 0 Å². The Labute approximate surface area is 138 Å². The van der Waals surface area contributed by atoms with E-state index in [4.69, 9.17) is 9.47 Å². The van der Waals surface area contributed by atoms with Crippen LogP contribution in [0.1, 0.15) is 32.1 Å². The first-order valence-electron chi connectivity index (χ1n) is 8.10. The van der Waals surface area contributed by atoms with Gasteiger partial charge in [0.15, 0.2) is 5.79 Å². The number of amides is 2. The molecule has 0 aliphatic carbocycles. The zero-order chi connectivity index (χ0) is 17.2. The van der Waals surface area contributed by atoms with Crippen molar-refractivity contribution in [3.05, 3.63) is 18.2 Å². The molecule has 1 atom stereocenters. The average molecular weight is 344 g/mol. The second kappa shape index (κ2) is 7.02. The minimum absolute atomic E-state index is 0.0401. The van der Waals surface area contributed by atoms with E-state index in [-0.39, 0.29) is 24.3 Å². The summed E-state index contributed by atoms with van der Waals surface area (Å²) < 4.78 is 37.7. The van der Waals surface area contributed by atoms with Crippen LogP contribution in [0.5, 0.6) is 0 Å². The van der Waals surface area contributed by atoms with Crippen LogP contribution in [-0.2, 0) is 16.0 Å². The number of hydrogen-bond donors (Lipinski definition) is 1. The van der Waals surface area contributed by atoms with Gasteiger partial charge in [0.25, 0.3) is 0 Å². The number of carbonyl (C=O) groups excluding carboxylic acids is 1. The van der Waals surface area contributed by atoms with E-state index in [0.29, 0.717) is 26.3 Å². The SMILES string of the molecule is CC1(C2CCCN(C(=O)NCc3nccn3C(F)F)C2)OCCO1. The van der Waals surface area contributed by atoms with E-state index in [1.165, 1.54) is 12.4 Å². The van der Waals surface area contributed by atoms with Gasteiger partial charge in [-0.25, -0.2) is 9.78 Å². The Morgan fingerprint density at radius 3 is 2.96 bits per heavy atom. The van der Waals surface area contributed by atoms with E-state index >= 15 is 0 Å². The minimum atomic E-state index is -2.67. The highest BCUT2D eigenvalue weighted by molar-refractivity contribution is 5.74. The summed E-state index contributed by atoms with van der Waals surface area (Å²) in [6.07, 6.45) is 4.26. The van der Waals surface area contributed by atoms with Gasteiger partial charge in [-0.05, 0) is 19.8 Å². The highest BCUT2D eigenvalue weighted by atomic mass is 19.3. The molecular weight excluding hydrogens is 322 g/mol. The summed E-state index contributed by atoms with van der Waals surface area (Å²) in [4.78, 5) is 17.9. The molecule has 2 fully saturated rings. The third kappa shape index (κ3) is 3.51. The smallest absolute Gasteiger partial charge is 0.319 e. The van der Waals surface area contributed by atoms with Crippen molar-refractivity contribution in [2.75, 3.05) is 26.3 Å². The second-order valence-electron chi connectivity index (χ2n) is 6.19. The standard InChI is InChI=1S/C15H22F2N4O3/c1-15(23-7-8-24-15)11-3-2-5-20(10-11)14(22)19-9-12-18-4-6-21(12)13(16)17/h4,6,11,13H,2-3,5,7-10H2,1H3,(H,19,22). The third-order valence-corrected chi connectivity index (χ3v) is 4.67. The zero-order valence-corrected chi connectivity index (χ0v) is 13.6. The predicted octanol–water partition coefficient (Wildman–Crippen LogP) is 1.96. The first-order valence-corrected chi connectivity index (χ1v) is 8.10. The second-order valence-corrected chi connectivity index (χ2v) is 6.19. The number of ether oxygens (including phenoxy) is 2. The van der Waals surface area contributed by atoms with Gasteiger partial charge in [-0.1, -0.05) is 0 Å². The molecule has 0 spiro atoms. The van der Waals surface area contributed by atoms with Crippen molar-refractivity contribution < 1.29 is 23.0 Å². The monoisotopic (exact) mass is 344 g/mol. The minimum Gasteiger partial charge on any atom is -0.347 e. The summed E-state index contributed by atoms with van der Waals surface area (Å²) in [6.45, 7) is 1.47. The molecule has 1 aromatic heterocycles. The number of halogens is 2. The van der Waals surface area contributed by atoms with E-state index < -0.39 is 12.3 Å². The molecule has 1 unspecified atom stereocenters. The predicted molar refractivity (Wildman–Crippen MR) is 80.3 cm³/mol. The summed E-state index contributed by atoms with van der Waals surface area (Å²) >= 11 is 0. The summed E-state index contributed by atoms with van der Waals surface area (Å²) in [5.41, 5.74) is 0. The Balaban J connectivity index is 1.55. The molecule has 1 N–H and O–H groups in total. The van der Waals surface area contributed by atoms with E-state index in [9.17, 15) is 13.6 Å². The number of nitrogens with one attached hydrogen (secondary N) is 1. The molecule has 134 valence electrons. The maximum Gasteiger partial charge on any atom is 0.319 e. The topological polar surface area (TPSA) is 68.6 Å². The van der Waals surface area contributed by atoms with Crippen molar-refractivity contribution in [3.63, 3.8) is 0 Å². The van der Waals surface area contributed by atoms with Crippen LogP contribution < -0.4 is 5.32 Å². The maximum atomic E-state index is 12.8. The van der Waals surface area contributed by atoms with Crippen molar-refractivity contribution in [3.8, 4) is 0 Å². The zero-order valence-electron chi connectivity index (χ0n) is 13.6. The van der Waals surface area contributed by atoms with E-state index in [2.05, 4.69) is 10.3 Å². The molecule has 0 aromatic carbocycles. The Morgan fingerprint density at radius 2 is 2.25 bits per heavy atom. The summed E-state index contributed by atoms with van der Waals surface area (Å²) in [6, 6.07) is -0.287. The lowest BCUT2D eigenvalue weighted by molar-refractivity contribution is -0.189. The van der Waals surface area contributed by atoms with E-state index in [0.717, 1.165) is 17.4 Å². The van der Waals surface area contributed by atoms with Crippen LogP contribution in [0.15, 0.2) is 12.4 Å². The molecule has 24 heavy (non-hydrogen) atoms. The number of alkyl halides is 2. The fourth-order valence-corrected chi connectivity index (χ4v) is 3.28. The van der Waals surface area contributed by atoms with Crippen LogP contribution in [0.25, 0.3) is 0 Å². The number of hydrogen-bond acceptors (Lipinski definition) is 4. The quantitative estimate of drug-likeness (QED) is 0.907. The molecule has 1 aromatic rings. The van der Waals surface area contributed by atoms with Crippen LogP contribution in [0.2, 0.25) is 0 Å². The van der Waals surface area contributed by atoms with Gasteiger partial charge in [-0.2, -0.15) is 8.78 Å². The van der Waals surface area contributed by atoms with Crippen LogP contribution in [0, 0.1) is 5.92 Å². The van der Waals surface area contributed by atoms with Crippen LogP contribution in [0.4, 0.5) is 13.6 Å². The molecular formula is C15H22F2N4O3. The molecule has 0 saturated carbocycles. The van der Waals surface area contributed by atoms with Gasteiger partial charge in [0.05, 0.1) is 19.8 Å². The highest BCUT2D eigenvalue weighted by Gasteiger charge is 2.42. The molecule has 7 nitrogen and oxygen atoms in total. The molecule has 3 rings (SSSR count). The maximum absolute atomic E-state index is 12.8. The van der Waals surface area contributed by atoms with Gasteiger partial charge >= 0.3 is 12.6 Å². The number of piperidine rings is 1. The van der Waals surface area contributed by atoms with Crippen molar-refractivity contribution in [2.45, 2.75) is 38.6 Å². The Hall–Kier alpha value is -1.74. The fraction of sp³-hybridized carbons (Fsp3) is 0.733.